The van der Waals surface area contributed by atoms with E-state index in [9.17, 15) is 0 Å². The quantitative estimate of drug-likeness (QED) is 0.776. The number of anilines is 2. The maximum atomic E-state index is 4.58. The largest absolute Gasteiger partial charge is 0.380 e. The van der Waals surface area contributed by atoms with Crippen LogP contribution in [0.1, 0.15) is 24.0 Å². The van der Waals surface area contributed by atoms with Gasteiger partial charge in [0.1, 0.15) is 18.5 Å². The Hall–Kier alpha value is -2.89. The minimum atomic E-state index is 0.767. The number of nitrogens with zero attached hydrogens (tertiary/aromatic N) is 5. The lowest BCUT2D eigenvalue weighted by molar-refractivity contribution is 0.869. The highest BCUT2D eigenvalue weighted by atomic mass is 15.3. The second-order valence-electron chi connectivity index (χ2n) is 6.41. The van der Waals surface area contributed by atoms with E-state index in [4.69, 9.17) is 0 Å². The van der Waals surface area contributed by atoms with Gasteiger partial charge in [-0.2, -0.15) is 5.10 Å². The van der Waals surface area contributed by atoms with Crippen molar-refractivity contribution in [2.75, 3.05) is 23.3 Å². The van der Waals surface area contributed by atoms with Crippen molar-refractivity contribution in [3.05, 3.63) is 60.3 Å². The Morgan fingerprint density at radius 1 is 1.12 bits per heavy atom. The molecule has 0 atom stereocenters. The predicted octanol–water partition coefficient (Wildman–Crippen LogP) is 3.18. The third kappa shape index (κ3) is 3.47. The van der Waals surface area contributed by atoms with Crippen LogP contribution in [-0.4, -0.2) is 32.8 Å². The lowest BCUT2D eigenvalue weighted by Crippen LogP contribution is -2.18. The fourth-order valence-corrected chi connectivity index (χ4v) is 3.25. The first kappa shape index (κ1) is 15.6. The van der Waals surface area contributed by atoms with E-state index in [0.717, 1.165) is 36.8 Å². The molecule has 2 aromatic heterocycles. The molecule has 1 aliphatic heterocycles. The van der Waals surface area contributed by atoms with Crippen LogP contribution in [0.25, 0.3) is 5.69 Å². The summed E-state index contributed by atoms with van der Waals surface area (Å²) in [4.78, 5) is 10.9. The van der Waals surface area contributed by atoms with Gasteiger partial charge in [0.2, 0.25) is 0 Å². The van der Waals surface area contributed by atoms with Gasteiger partial charge in [-0.15, -0.1) is 0 Å². The molecule has 0 aliphatic carbocycles. The summed E-state index contributed by atoms with van der Waals surface area (Å²) < 4.78 is 1.79. The molecule has 1 fully saturated rings. The molecule has 1 aliphatic rings. The van der Waals surface area contributed by atoms with E-state index < -0.39 is 0 Å². The van der Waals surface area contributed by atoms with Crippen molar-refractivity contribution in [1.29, 1.82) is 0 Å². The van der Waals surface area contributed by atoms with E-state index >= 15 is 0 Å². The van der Waals surface area contributed by atoms with E-state index in [-0.39, 0.29) is 0 Å². The highest BCUT2D eigenvalue weighted by molar-refractivity contribution is 5.50. The highest BCUT2D eigenvalue weighted by Crippen LogP contribution is 2.20. The van der Waals surface area contributed by atoms with Crippen molar-refractivity contribution in [2.24, 2.45) is 0 Å². The molecule has 0 unspecified atom stereocenters. The Bertz CT molecular complexity index is 820. The van der Waals surface area contributed by atoms with Gasteiger partial charge in [0.25, 0.3) is 0 Å². The maximum Gasteiger partial charge on any atom is 0.138 e. The number of aromatic nitrogens is 4. The summed E-state index contributed by atoms with van der Waals surface area (Å²) in [6.45, 7) is 5.10. The van der Waals surface area contributed by atoms with E-state index in [2.05, 4.69) is 62.5 Å². The van der Waals surface area contributed by atoms with Crippen LogP contribution in [0.5, 0.6) is 0 Å². The normalized spacial score (nSPS) is 14.0. The Kier molecular flexibility index (Phi) is 4.33. The molecule has 0 radical (unpaired) electrons. The van der Waals surface area contributed by atoms with Crippen LogP contribution < -0.4 is 10.2 Å². The molecule has 3 heterocycles. The van der Waals surface area contributed by atoms with Crippen LogP contribution >= 0.6 is 0 Å². The SMILES string of the molecule is Cc1cc(CNc2ccc(N3CCCC3)nc2)ccc1-n1cncn1. The fourth-order valence-electron chi connectivity index (χ4n) is 3.25. The first-order chi connectivity index (χ1) is 12.3. The van der Waals surface area contributed by atoms with Crippen molar-refractivity contribution in [1.82, 2.24) is 19.7 Å². The van der Waals surface area contributed by atoms with Crippen LogP contribution in [0.2, 0.25) is 0 Å². The average Bonchev–Trinajstić information content (AvgIpc) is 3.34. The van der Waals surface area contributed by atoms with E-state index in [1.807, 2.05) is 6.20 Å². The maximum absolute atomic E-state index is 4.58. The second kappa shape index (κ2) is 6.93. The van der Waals surface area contributed by atoms with Crippen LogP contribution in [0.4, 0.5) is 11.5 Å². The molecule has 1 aromatic carbocycles. The number of aryl methyl sites for hydroxylation is 1. The minimum absolute atomic E-state index is 0.767. The average molecular weight is 334 g/mol. The monoisotopic (exact) mass is 334 g/mol. The van der Waals surface area contributed by atoms with E-state index in [1.54, 1.807) is 17.3 Å². The Morgan fingerprint density at radius 3 is 2.68 bits per heavy atom. The molecule has 0 amide bonds. The molecule has 0 spiro atoms. The highest BCUT2D eigenvalue weighted by Gasteiger charge is 2.12. The lowest BCUT2D eigenvalue weighted by Gasteiger charge is -2.16. The zero-order valence-corrected chi connectivity index (χ0v) is 14.4. The molecule has 0 saturated carbocycles. The summed E-state index contributed by atoms with van der Waals surface area (Å²) >= 11 is 0. The number of rotatable bonds is 5. The first-order valence-electron chi connectivity index (χ1n) is 8.69. The van der Waals surface area contributed by atoms with Crippen LogP contribution in [0.15, 0.2) is 49.2 Å². The van der Waals surface area contributed by atoms with Gasteiger partial charge >= 0.3 is 0 Å². The van der Waals surface area contributed by atoms with Gasteiger partial charge in [-0.25, -0.2) is 14.6 Å². The number of pyridine rings is 1. The Balaban J connectivity index is 1.40. The standard InChI is InChI=1S/C19H22N6/c1-15-10-16(4-6-18(15)25-14-20-13-23-25)11-21-17-5-7-19(22-12-17)24-8-2-3-9-24/h4-7,10,12-14,21H,2-3,8-9,11H2,1H3. The number of nitrogens with one attached hydrogen (secondary N) is 1. The van der Waals surface area contributed by atoms with Gasteiger partial charge in [0.05, 0.1) is 17.6 Å². The van der Waals surface area contributed by atoms with Crippen molar-refractivity contribution >= 4 is 11.5 Å². The zero-order valence-electron chi connectivity index (χ0n) is 14.4. The van der Waals surface area contributed by atoms with Crippen molar-refractivity contribution in [2.45, 2.75) is 26.3 Å². The summed E-state index contributed by atoms with van der Waals surface area (Å²) in [6.07, 6.45) is 7.73. The van der Waals surface area contributed by atoms with Crippen LogP contribution in [-0.2, 0) is 6.54 Å². The zero-order chi connectivity index (χ0) is 17.1. The molecule has 6 heteroatoms. The Morgan fingerprint density at radius 2 is 2.00 bits per heavy atom. The summed E-state index contributed by atoms with van der Waals surface area (Å²) in [5.41, 5.74) is 4.50. The third-order valence-corrected chi connectivity index (χ3v) is 4.60. The van der Waals surface area contributed by atoms with Gasteiger partial charge in [-0.3, -0.25) is 0 Å². The van der Waals surface area contributed by atoms with Crippen LogP contribution in [0.3, 0.4) is 0 Å². The van der Waals surface area contributed by atoms with Gasteiger partial charge < -0.3 is 10.2 Å². The number of hydrogen-bond acceptors (Lipinski definition) is 5. The first-order valence-corrected chi connectivity index (χ1v) is 8.69. The Labute approximate surface area is 147 Å². The molecule has 3 aromatic rings. The third-order valence-electron chi connectivity index (χ3n) is 4.60. The van der Waals surface area contributed by atoms with Crippen molar-refractivity contribution in [3.8, 4) is 5.69 Å². The van der Waals surface area contributed by atoms with Gasteiger partial charge in [-0.05, 0) is 49.1 Å². The van der Waals surface area contributed by atoms with Crippen molar-refractivity contribution < 1.29 is 0 Å². The number of hydrogen-bond donors (Lipinski definition) is 1. The molecule has 6 nitrogen and oxygen atoms in total. The second-order valence-corrected chi connectivity index (χ2v) is 6.41. The molecule has 1 saturated heterocycles. The van der Waals surface area contributed by atoms with Gasteiger partial charge in [-0.1, -0.05) is 12.1 Å². The molecule has 25 heavy (non-hydrogen) atoms. The smallest absolute Gasteiger partial charge is 0.138 e. The topological polar surface area (TPSA) is 58.9 Å². The van der Waals surface area contributed by atoms with Gasteiger partial charge in [0.15, 0.2) is 0 Å². The number of benzene rings is 1. The minimum Gasteiger partial charge on any atom is -0.380 e. The summed E-state index contributed by atoms with van der Waals surface area (Å²) in [5.74, 6) is 1.08. The van der Waals surface area contributed by atoms with Gasteiger partial charge in [0, 0.05) is 19.6 Å². The predicted molar refractivity (Wildman–Crippen MR) is 99.1 cm³/mol. The molecule has 1 N–H and O–H groups in total. The molecular weight excluding hydrogens is 312 g/mol. The molecule has 128 valence electrons. The fraction of sp³-hybridized carbons (Fsp3) is 0.316. The van der Waals surface area contributed by atoms with E-state index in [1.165, 1.54) is 24.0 Å². The van der Waals surface area contributed by atoms with Crippen molar-refractivity contribution in [3.63, 3.8) is 0 Å². The van der Waals surface area contributed by atoms with E-state index in [0.29, 0.717) is 0 Å². The van der Waals surface area contributed by atoms with Crippen LogP contribution in [0, 0.1) is 6.92 Å². The molecule has 4 rings (SSSR count). The summed E-state index contributed by atoms with van der Waals surface area (Å²) in [6, 6.07) is 10.6. The summed E-state index contributed by atoms with van der Waals surface area (Å²) in [7, 11) is 0. The molecule has 0 bridgehead atoms. The molecular formula is C19H22N6. The lowest BCUT2D eigenvalue weighted by atomic mass is 10.1. The summed E-state index contributed by atoms with van der Waals surface area (Å²) in [5, 5.41) is 7.63.